The van der Waals surface area contributed by atoms with Crippen molar-refractivity contribution in [2.24, 2.45) is 0 Å². The van der Waals surface area contributed by atoms with E-state index in [0.29, 0.717) is 0 Å². The van der Waals surface area contributed by atoms with Crippen LogP contribution in [-0.2, 0) is 0 Å². The summed E-state index contributed by atoms with van der Waals surface area (Å²) in [5, 5.41) is 7.93. The first-order chi connectivity index (χ1) is 5.90. The summed E-state index contributed by atoms with van der Waals surface area (Å²) in [6.07, 6.45) is 1.80. The zero-order chi connectivity index (χ0) is 8.39. The number of aromatic amines is 1. The molecule has 0 fully saturated rings. The Morgan fingerprint density at radius 2 is 2.33 bits per heavy atom. The fourth-order valence-electron chi connectivity index (χ4n) is 1.16. The van der Waals surface area contributed by atoms with E-state index in [-0.39, 0.29) is 0 Å². The second kappa shape index (κ2) is 2.71. The number of aromatic nitrogens is 2. The van der Waals surface area contributed by atoms with Crippen LogP contribution in [0.4, 0.5) is 0 Å². The van der Waals surface area contributed by atoms with Crippen molar-refractivity contribution in [3.05, 3.63) is 30.0 Å². The average Bonchev–Trinajstić information content (AvgIpc) is 2.51. The van der Waals surface area contributed by atoms with Crippen molar-refractivity contribution in [2.45, 2.75) is 6.92 Å². The minimum Gasteiger partial charge on any atom is -0.278 e. The molecule has 0 saturated carbocycles. The van der Waals surface area contributed by atoms with Gasteiger partial charge in [-0.15, -0.1) is 5.92 Å². The third-order valence-electron chi connectivity index (χ3n) is 1.71. The van der Waals surface area contributed by atoms with E-state index in [1.165, 1.54) is 0 Å². The largest absolute Gasteiger partial charge is 0.278 e. The summed E-state index contributed by atoms with van der Waals surface area (Å²) in [6, 6.07) is 5.99. The van der Waals surface area contributed by atoms with E-state index in [2.05, 4.69) is 22.0 Å². The van der Waals surface area contributed by atoms with Crippen LogP contribution in [0.3, 0.4) is 0 Å². The van der Waals surface area contributed by atoms with Gasteiger partial charge in [0.25, 0.3) is 0 Å². The summed E-state index contributed by atoms with van der Waals surface area (Å²) in [7, 11) is 0. The molecule has 0 unspecified atom stereocenters. The molecule has 0 bridgehead atoms. The summed E-state index contributed by atoms with van der Waals surface area (Å²) in [6.45, 7) is 1.83. The first-order valence-electron chi connectivity index (χ1n) is 3.76. The number of fused-ring (bicyclic) bond motifs is 1. The number of hydrogen-bond acceptors (Lipinski definition) is 1. The molecule has 1 heterocycles. The Morgan fingerprint density at radius 1 is 1.42 bits per heavy atom. The summed E-state index contributed by atoms with van der Waals surface area (Å²) < 4.78 is 0. The molecule has 2 heteroatoms. The van der Waals surface area contributed by atoms with Crippen molar-refractivity contribution in [2.75, 3.05) is 0 Å². The van der Waals surface area contributed by atoms with Gasteiger partial charge in [0.2, 0.25) is 0 Å². The summed E-state index contributed by atoms with van der Waals surface area (Å²) in [5.41, 5.74) is 2.09. The molecule has 0 aliphatic heterocycles. The van der Waals surface area contributed by atoms with Crippen LogP contribution in [-0.4, -0.2) is 10.2 Å². The molecule has 0 aliphatic carbocycles. The Morgan fingerprint density at radius 3 is 3.17 bits per heavy atom. The van der Waals surface area contributed by atoms with Crippen molar-refractivity contribution in [3.8, 4) is 11.8 Å². The van der Waals surface area contributed by atoms with Gasteiger partial charge in [-0.05, 0) is 25.1 Å². The zero-order valence-corrected chi connectivity index (χ0v) is 6.76. The molecule has 0 amide bonds. The highest BCUT2D eigenvalue weighted by molar-refractivity contribution is 5.79. The lowest BCUT2D eigenvalue weighted by atomic mass is 10.2. The monoisotopic (exact) mass is 156 g/mol. The Labute approximate surface area is 70.6 Å². The topological polar surface area (TPSA) is 28.7 Å². The Balaban J connectivity index is 2.65. The van der Waals surface area contributed by atoms with E-state index < -0.39 is 0 Å². The van der Waals surface area contributed by atoms with E-state index >= 15 is 0 Å². The molecule has 1 N–H and O–H groups in total. The second-order valence-electron chi connectivity index (χ2n) is 2.55. The first kappa shape index (κ1) is 6.93. The number of nitrogens with zero attached hydrogens (tertiary/aromatic N) is 1. The quantitative estimate of drug-likeness (QED) is 0.580. The van der Waals surface area contributed by atoms with Crippen molar-refractivity contribution in [3.63, 3.8) is 0 Å². The van der Waals surface area contributed by atoms with Crippen molar-refractivity contribution in [1.29, 1.82) is 0 Å². The van der Waals surface area contributed by atoms with Gasteiger partial charge in [0.05, 0.1) is 11.7 Å². The van der Waals surface area contributed by atoms with Crippen LogP contribution >= 0.6 is 0 Å². The highest BCUT2D eigenvalue weighted by Crippen LogP contribution is 2.11. The van der Waals surface area contributed by atoms with E-state index in [9.17, 15) is 0 Å². The molecular weight excluding hydrogens is 148 g/mol. The summed E-state index contributed by atoms with van der Waals surface area (Å²) in [4.78, 5) is 0. The third kappa shape index (κ3) is 1.06. The summed E-state index contributed by atoms with van der Waals surface area (Å²) in [5.74, 6) is 5.86. The van der Waals surface area contributed by atoms with Gasteiger partial charge in [0.15, 0.2) is 0 Å². The van der Waals surface area contributed by atoms with Gasteiger partial charge in [0, 0.05) is 10.9 Å². The average molecular weight is 156 g/mol. The summed E-state index contributed by atoms with van der Waals surface area (Å²) >= 11 is 0. The van der Waals surface area contributed by atoms with E-state index in [4.69, 9.17) is 0 Å². The molecule has 1 aromatic heterocycles. The lowest BCUT2D eigenvalue weighted by molar-refractivity contribution is 1.12. The second-order valence-corrected chi connectivity index (χ2v) is 2.55. The van der Waals surface area contributed by atoms with Crippen LogP contribution in [0.2, 0.25) is 0 Å². The lowest BCUT2D eigenvalue weighted by Gasteiger charge is -1.89. The first-order valence-corrected chi connectivity index (χ1v) is 3.76. The van der Waals surface area contributed by atoms with E-state index in [1.807, 2.05) is 25.1 Å². The normalized spacial score (nSPS) is 9.42. The minimum atomic E-state index is 1.03. The van der Waals surface area contributed by atoms with Gasteiger partial charge >= 0.3 is 0 Å². The number of benzene rings is 1. The maximum atomic E-state index is 3.93. The Hall–Kier alpha value is -1.75. The molecule has 0 radical (unpaired) electrons. The predicted octanol–water partition coefficient (Wildman–Crippen LogP) is 1.93. The molecule has 0 saturated heterocycles. The maximum absolute atomic E-state index is 3.93. The van der Waals surface area contributed by atoms with Crippen LogP contribution in [0, 0.1) is 11.8 Å². The molecular formula is C10H8N2. The van der Waals surface area contributed by atoms with E-state index in [1.54, 1.807) is 6.20 Å². The minimum absolute atomic E-state index is 1.03. The van der Waals surface area contributed by atoms with Crippen molar-refractivity contribution in [1.82, 2.24) is 10.2 Å². The lowest BCUT2D eigenvalue weighted by Crippen LogP contribution is -1.73. The molecule has 2 rings (SSSR count). The fourth-order valence-corrected chi connectivity index (χ4v) is 1.16. The standard InChI is InChI=1S/C10H8N2/c1-2-3-8-4-5-10-9(6-8)7-11-12-10/h4-7H,1H3,(H,11,12). The van der Waals surface area contributed by atoms with Gasteiger partial charge in [-0.1, -0.05) is 5.92 Å². The fraction of sp³-hybridized carbons (Fsp3) is 0.100. The number of rotatable bonds is 0. The molecule has 0 aliphatic rings. The van der Waals surface area contributed by atoms with Crippen molar-refractivity contribution < 1.29 is 0 Å². The number of H-pyrrole nitrogens is 1. The molecule has 2 aromatic rings. The van der Waals surface area contributed by atoms with Crippen molar-refractivity contribution >= 4 is 10.9 Å². The SMILES string of the molecule is CC#Cc1ccc2[nH]ncc2c1. The van der Waals surface area contributed by atoms with Crippen LogP contribution in [0.1, 0.15) is 12.5 Å². The number of hydrogen-bond donors (Lipinski definition) is 1. The van der Waals surface area contributed by atoms with Crippen LogP contribution in [0.15, 0.2) is 24.4 Å². The predicted molar refractivity (Wildman–Crippen MR) is 48.6 cm³/mol. The van der Waals surface area contributed by atoms with Gasteiger partial charge in [-0.2, -0.15) is 5.10 Å². The molecule has 1 aromatic carbocycles. The molecule has 2 nitrogen and oxygen atoms in total. The smallest absolute Gasteiger partial charge is 0.0651 e. The molecule has 12 heavy (non-hydrogen) atoms. The van der Waals surface area contributed by atoms with Gasteiger partial charge < -0.3 is 0 Å². The Bertz CT molecular complexity index is 457. The highest BCUT2D eigenvalue weighted by Gasteiger charge is 1.94. The third-order valence-corrected chi connectivity index (χ3v) is 1.71. The van der Waals surface area contributed by atoms with Crippen LogP contribution in [0.25, 0.3) is 10.9 Å². The maximum Gasteiger partial charge on any atom is 0.0651 e. The zero-order valence-electron chi connectivity index (χ0n) is 6.76. The highest BCUT2D eigenvalue weighted by atomic mass is 15.1. The van der Waals surface area contributed by atoms with Gasteiger partial charge in [0.1, 0.15) is 0 Å². The van der Waals surface area contributed by atoms with E-state index in [0.717, 1.165) is 16.5 Å². The molecule has 0 spiro atoms. The molecule has 0 atom stereocenters. The van der Waals surface area contributed by atoms with Crippen LogP contribution < -0.4 is 0 Å². The van der Waals surface area contributed by atoms with Gasteiger partial charge in [-0.3, -0.25) is 5.10 Å². The van der Waals surface area contributed by atoms with Crippen LogP contribution in [0.5, 0.6) is 0 Å². The number of nitrogens with one attached hydrogen (secondary N) is 1. The Kier molecular flexibility index (Phi) is 1.56. The molecule has 58 valence electrons. The van der Waals surface area contributed by atoms with Gasteiger partial charge in [-0.25, -0.2) is 0 Å².